The molecule has 0 aromatic heterocycles. The van der Waals surface area contributed by atoms with Gasteiger partial charge < -0.3 is 10.1 Å². The van der Waals surface area contributed by atoms with Gasteiger partial charge in [-0.15, -0.1) is 0 Å². The van der Waals surface area contributed by atoms with Gasteiger partial charge in [-0.2, -0.15) is 4.20 Å². The molecule has 1 aromatic rings. The number of amides is 1. The van der Waals surface area contributed by atoms with E-state index < -0.39 is 8.51 Å². The van der Waals surface area contributed by atoms with E-state index in [4.69, 9.17) is 4.74 Å². The molecule has 18 heavy (non-hydrogen) atoms. The number of rotatable bonds is 4. The molecular formula is C13H19FNO2P. The molecule has 1 amide bonds. The van der Waals surface area contributed by atoms with Crippen LogP contribution in [0.1, 0.15) is 33.3 Å². The zero-order valence-electron chi connectivity index (χ0n) is 11.2. The largest absolute Gasteiger partial charge is 0.339 e. The molecule has 100 valence electrons. The summed E-state index contributed by atoms with van der Waals surface area (Å²) in [5.74, 6) is -0.196. The lowest BCUT2D eigenvalue weighted by Crippen LogP contribution is -2.12. The van der Waals surface area contributed by atoms with Crippen LogP contribution in [-0.2, 0) is 9.53 Å². The fourth-order valence-electron chi connectivity index (χ4n) is 1.25. The number of anilines is 1. The molecule has 0 fully saturated rings. The minimum Gasteiger partial charge on any atom is -0.339 e. The zero-order chi connectivity index (χ0) is 14.0. The van der Waals surface area contributed by atoms with Gasteiger partial charge in [0.25, 0.3) is 0 Å². The molecule has 0 aliphatic heterocycles. The molecule has 5 heteroatoms. The molecule has 3 nitrogen and oxygen atoms in total. The Bertz CT molecular complexity index is 408. The maximum Gasteiger partial charge on any atom is 0.221 e. The van der Waals surface area contributed by atoms with Crippen LogP contribution in [0.4, 0.5) is 9.88 Å². The smallest absolute Gasteiger partial charge is 0.221 e. The van der Waals surface area contributed by atoms with E-state index in [2.05, 4.69) is 5.32 Å². The molecule has 0 spiro atoms. The van der Waals surface area contributed by atoms with Crippen molar-refractivity contribution in [2.75, 3.05) is 11.9 Å². The molecule has 0 atom stereocenters. The van der Waals surface area contributed by atoms with Crippen LogP contribution >= 0.6 is 8.51 Å². The number of ether oxygens (including phenoxy) is 1. The van der Waals surface area contributed by atoms with Crippen LogP contribution in [0.15, 0.2) is 24.3 Å². The SMILES string of the molecule is CC.CCOC(=PF)c1ccccc1NC(C)=O. The second-order valence-corrected chi connectivity index (χ2v) is 3.62. The van der Waals surface area contributed by atoms with Crippen molar-refractivity contribution in [3.05, 3.63) is 29.8 Å². The first kappa shape index (κ1) is 16.8. The Balaban J connectivity index is 0.00000137. The van der Waals surface area contributed by atoms with Gasteiger partial charge >= 0.3 is 0 Å². The van der Waals surface area contributed by atoms with Crippen LogP contribution in [0.25, 0.3) is 0 Å². The molecule has 0 unspecified atom stereocenters. The Labute approximate surface area is 109 Å². The Morgan fingerprint density at radius 2 is 2.00 bits per heavy atom. The van der Waals surface area contributed by atoms with Crippen LogP contribution in [0, 0.1) is 0 Å². The van der Waals surface area contributed by atoms with E-state index in [-0.39, 0.29) is 11.4 Å². The first-order chi connectivity index (χ1) is 8.69. The van der Waals surface area contributed by atoms with Gasteiger partial charge in [-0.3, -0.25) is 4.79 Å². The van der Waals surface area contributed by atoms with Gasteiger partial charge in [0.1, 0.15) is 14.0 Å². The summed E-state index contributed by atoms with van der Waals surface area (Å²) in [5, 5.41) is 2.64. The molecule has 0 radical (unpaired) electrons. The van der Waals surface area contributed by atoms with E-state index in [1.807, 2.05) is 13.8 Å². The highest BCUT2D eigenvalue weighted by Gasteiger charge is 2.09. The normalized spacial score (nSPS) is 10.4. The van der Waals surface area contributed by atoms with Gasteiger partial charge in [-0.05, 0) is 19.1 Å². The standard InChI is InChI=1S/C11H13FNO2P.C2H6/c1-3-15-11(16-12)9-6-4-5-7-10(9)13-8(2)14;1-2/h4-7H,3H2,1-2H3,(H,13,14);1-2H3. The van der Waals surface area contributed by atoms with Crippen molar-refractivity contribution in [2.24, 2.45) is 0 Å². The molecule has 0 saturated carbocycles. The van der Waals surface area contributed by atoms with Crippen molar-refractivity contribution >= 4 is 25.6 Å². The molecule has 1 N–H and O–H groups in total. The van der Waals surface area contributed by atoms with Crippen LogP contribution in [0.2, 0.25) is 0 Å². The summed E-state index contributed by atoms with van der Waals surface area (Å²) in [4.78, 5) is 11.0. The number of benzene rings is 1. The summed E-state index contributed by atoms with van der Waals surface area (Å²) in [7, 11) is -0.449. The third kappa shape index (κ3) is 5.39. The number of hydrogen-bond acceptors (Lipinski definition) is 2. The van der Waals surface area contributed by atoms with Gasteiger partial charge in [-0.25, -0.2) is 0 Å². The highest BCUT2D eigenvalue weighted by atomic mass is 31.1. The Morgan fingerprint density at radius 1 is 1.39 bits per heavy atom. The van der Waals surface area contributed by atoms with Gasteiger partial charge in [0, 0.05) is 12.5 Å². The summed E-state index contributed by atoms with van der Waals surface area (Å²) >= 11 is 0. The first-order valence-corrected chi connectivity index (χ1v) is 6.66. The molecule has 1 aromatic carbocycles. The maximum atomic E-state index is 12.7. The number of para-hydroxylation sites is 1. The van der Waals surface area contributed by atoms with Crippen molar-refractivity contribution < 1.29 is 13.7 Å². The summed E-state index contributed by atoms with van der Waals surface area (Å²) in [5.41, 5.74) is 1.35. The summed E-state index contributed by atoms with van der Waals surface area (Å²) < 4.78 is 17.9. The van der Waals surface area contributed by atoms with E-state index in [1.54, 1.807) is 31.2 Å². The third-order valence-corrected chi connectivity index (χ3v) is 2.35. The van der Waals surface area contributed by atoms with Crippen molar-refractivity contribution in [2.45, 2.75) is 27.7 Å². The summed E-state index contributed by atoms with van der Waals surface area (Å²) in [6.45, 7) is 7.58. The van der Waals surface area contributed by atoms with Crippen molar-refractivity contribution in [1.29, 1.82) is 0 Å². The van der Waals surface area contributed by atoms with Gasteiger partial charge in [-0.1, -0.05) is 26.0 Å². The predicted molar refractivity (Wildman–Crippen MR) is 75.9 cm³/mol. The third-order valence-electron chi connectivity index (χ3n) is 1.83. The summed E-state index contributed by atoms with van der Waals surface area (Å²) in [6, 6.07) is 6.96. The predicted octanol–water partition coefficient (Wildman–Crippen LogP) is 4.02. The molecule has 0 aliphatic rings. The molecular weight excluding hydrogens is 252 g/mol. The Morgan fingerprint density at radius 3 is 2.50 bits per heavy atom. The lowest BCUT2D eigenvalue weighted by atomic mass is 10.2. The summed E-state index contributed by atoms with van der Waals surface area (Å²) in [6.07, 6.45) is 0. The average molecular weight is 271 g/mol. The van der Waals surface area contributed by atoms with Crippen molar-refractivity contribution in [3.8, 4) is 0 Å². The minimum absolute atomic E-state index is 0.196. The van der Waals surface area contributed by atoms with Crippen molar-refractivity contribution in [1.82, 2.24) is 0 Å². The Kier molecular flexibility index (Phi) is 9.07. The van der Waals surface area contributed by atoms with Crippen LogP contribution in [0.3, 0.4) is 0 Å². The van der Waals surface area contributed by atoms with Gasteiger partial charge in [0.2, 0.25) is 5.91 Å². The van der Waals surface area contributed by atoms with E-state index >= 15 is 0 Å². The van der Waals surface area contributed by atoms with E-state index in [0.717, 1.165) is 0 Å². The maximum absolute atomic E-state index is 12.7. The quantitative estimate of drug-likeness (QED) is 0.840. The second kappa shape index (κ2) is 9.75. The highest BCUT2D eigenvalue weighted by molar-refractivity contribution is 7.35. The molecule has 0 heterocycles. The van der Waals surface area contributed by atoms with Crippen molar-refractivity contribution in [3.63, 3.8) is 0 Å². The first-order valence-electron chi connectivity index (χ1n) is 5.87. The van der Waals surface area contributed by atoms with E-state index in [0.29, 0.717) is 17.9 Å². The topological polar surface area (TPSA) is 38.3 Å². The fraction of sp³-hybridized carbons (Fsp3) is 0.385. The lowest BCUT2D eigenvalue weighted by Gasteiger charge is -2.10. The van der Waals surface area contributed by atoms with Gasteiger partial charge in [0.05, 0.1) is 12.3 Å². The van der Waals surface area contributed by atoms with Crippen LogP contribution < -0.4 is 5.32 Å². The van der Waals surface area contributed by atoms with Crippen LogP contribution in [0.5, 0.6) is 0 Å². The lowest BCUT2D eigenvalue weighted by molar-refractivity contribution is -0.114. The molecule has 0 bridgehead atoms. The number of nitrogens with one attached hydrogen (secondary N) is 1. The van der Waals surface area contributed by atoms with Gasteiger partial charge in [0.15, 0.2) is 0 Å². The fourth-order valence-corrected chi connectivity index (χ4v) is 1.72. The number of hydrogen-bond donors (Lipinski definition) is 1. The molecule has 0 aliphatic carbocycles. The van der Waals surface area contributed by atoms with E-state index in [9.17, 15) is 8.99 Å². The molecule has 0 saturated heterocycles. The highest BCUT2D eigenvalue weighted by Crippen LogP contribution is 2.20. The Hall–Kier alpha value is -1.25. The second-order valence-electron chi connectivity index (χ2n) is 3.05. The molecule has 1 rings (SSSR count). The number of carbonyl (C=O) groups is 1. The van der Waals surface area contributed by atoms with Crippen LogP contribution in [-0.4, -0.2) is 18.0 Å². The zero-order valence-corrected chi connectivity index (χ0v) is 12.1. The monoisotopic (exact) mass is 271 g/mol. The number of halogens is 1. The minimum atomic E-state index is -0.449. The van der Waals surface area contributed by atoms with E-state index in [1.165, 1.54) is 6.92 Å². The average Bonchev–Trinajstić information content (AvgIpc) is 2.39. The number of carbonyl (C=O) groups excluding carboxylic acids is 1.